The fourth-order valence-corrected chi connectivity index (χ4v) is 3.58. The number of hydrogen-bond donors (Lipinski definition) is 1. The van der Waals surface area contributed by atoms with Crippen molar-refractivity contribution in [1.29, 1.82) is 0 Å². The summed E-state index contributed by atoms with van der Waals surface area (Å²) in [7, 11) is 1.63. The van der Waals surface area contributed by atoms with Gasteiger partial charge in [0.25, 0.3) is 5.91 Å². The van der Waals surface area contributed by atoms with Crippen LogP contribution in [0.3, 0.4) is 0 Å². The van der Waals surface area contributed by atoms with Gasteiger partial charge in [-0.1, -0.05) is 0 Å². The molecule has 2 heterocycles. The first-order chi connectivity index (χ1) is 12.7. The highest BCUT2D eigenvalue weighted by molar-refractivity contribution is 8.00. The number of thioether (sulfide) groups is 1. The zero-order chi connectivity index (χ0) is 18.4. The second-order valence-corrected chi connectivity index (χ2v) is 7.12. The van der Waals surface area contributed by atoms with Crippen LogP contribution < -0.4 is 10.1 Å². The van der Waals surface area contributed by atoms with Gasteiger partial charge in [0, 0.05) is 24.0 Å². The summed E-state index contributed by atoms with van der Waals surface area (Å²) in [6, 6.07) is 11.1. The summed E-state index contributed by atoms with van der Waals surface area (Å²) >= 11 is 1.50. The van der Waals surface area contributed by atoms with E-state index >= 15 is 0 Å². The van der Waals surface area contributed by atoms with Crippen molar-refractivity contribution in [2.45, 2.75) is 23.8 Å². The maximum Gasteiger partial charge on any atom is 0.289 e. The Hall–Kier alpha value is -2.41. The predicted octanol–water partition coefficient (Wildman–Crippen LogP) is 2.80. The molecule has 1 saturated heterocycles. The number of likely N-dealkylation sites (tertiary alicyclic amines) is 1. The number of nitrogens with zero attached hydrogens (tertiary/aromatic N) is 1. The second-order valence-electron chi connectivity index (χ2n) is 6.08. The number of amides is 2. The highest BCUT2D eigenvalue weighted by Crippen LogP contribution is 2.21. The number of furan rings is 1. The molecule has 1 aromatic carbocycles. The molecule has 0 spiro atoms. The minimum Gasteiger partial charge on any atom is -0.497 e. The van der Waals surface area contributed by atoms with Crippen LogP contribution in [0.2, 0.25) is 0 Å². The van der Waals surface area contributed by atoms with Gasteiger partial charge < -0.3 is 19.4 Å². The molecule has 1 N–H and O–H groups in total. The molecule has 0 bridgehead atoms. The molecule has 1 aliphatic heterocycles. The monoisotopic (exact) mass is 374 g/mol. The normalized spacial score (nSPS) is 14.9. The van der Waals surface area contributed by atoms with Gasteiger partial charge in [-0.15, -0.1) is 11.8 Å². The summed E-state index contributed by atoms with van der Waals surface area (Å²) in [5, 5.41) is 3.06. The first-order valence-electron chi connectivity index (χ1n) is 8.54. The third-order valence-electron chi connectivity index (χ3n) is 4.31. The van der Waals surface area contributed by atoms with Gasteiger partial charge >= 0.3 is 0 Å². The lowest BCUT2D eigenvalue weighted by Gasteiger charge is -2.31. The van der Waals surface area contributed by atoms with Gasteiger partial charge in [0.15, 0.2) is 5.76 Å². The highest BCUT2D eigenvalue weighted by Gasteiger charge is 2.25. The van der Waals surface area contributed by atoms with Crippen molar-refractivity contribution >= 4 is 23.6 Å². The van der Waals surface area contributed by atoms with Crippen LogP contribution in [0.25, 0.3) is 0 Å². The third kappa shape index (κ3) is 4.82. The Morgan fingerprint density at radius 1 is 1.23 bits per heavy atom. The minimum atomic E-state index is -0.0881. The maximum absolute atomic E-state index is 12.2. The zero-order valence-electron chi connectivity index (χ0n) is 14.6. The van der Waals surface area contributed by atoms with E-state index in [1.54, 1.807) is 24.1 Å². The van der Waals surface area contributed by atoms with Crippen LogP contribution in [0.15, 0.2) is 52.0 Å². The van der Waals surface area contributed by atoms with E-state index in [0.717, 1.165) is 23.5 Å². The van der Waals surface area contributed by atoms with E-state index in [-0.39, 0.29) is 17.9 Å². The molecule has 1 fully saturated rings. The van der Waals surface area contributed by atoms with Crippen LogP contribution in [0.1, 0.15) is 23.4 Å². The van der Waals surface area contributed by atoms with Crippen LogP contribution in [0, 0.1) is 0 Å². The van der Waals surface area contributed by atoms with E-state index in [4.69, 9.17) is 9.15 Å². The van der Waals surface area contributed by atoms with Crippen molar-refractivity contribution in [2.75, 3.05) is 26.0 Å². The molecule has 2 amide bonds. The number of ether oxygens (including phenoxy) is 1. The van der Waals surface area contributed by atoms with Crippen LogP contribution in [0.4, 0.5) is 0 Å². The van der Waals surface area contributed by atoms with Gasteiger partial charge in [0.1, 0.15) is 5.75 Å². The van der Waals surface area contributed by atoms with E-state index in [0.29, 0.717) is 24.6 Å². The first kappa shape index (κ1) is 18.4. The summed E-state index contributed by atoms with van der Waals surface area (Å²) in [6.45, 7) is 1.24. The lowest BCUT2D eigenvalue weighted by Crippen LogP contribution is -2.46. The smallest absolute Gasteiger partial charge is 0.289 e. The number of carbonyl (C=O) groups is 2. The second kappa shape index (κ2) is 8.80. The number of piperidine rings is 1. The summed E-state index contributed by atoms with van der Waals surface area (Å²) in [5.74, 6) is 1.47. The Labute approximate surface area is 156 Å². The van der Waals surface area contributed by atoms with Crippen molar-refractivity contribution in [3.05, 3.63) is 48.4 Å². The van der Waals surface area contributed by atoms with Gasteiger partial charge in [-0.25, -0.2) is 0 Å². The molecule has 0 saturated carbocycles. The Kier molecular flexibility index (Phi) is 6.22. The number of carbonyl (C=O) groups excluding carboxylic acids is 2. The molecule has 7 heteroatoms. The molecule has 138 valence electrons. The molecule has 0 atom stereocenters. The molecular weight excluding hydrogens is 352 g/mol. The Morgan fingerprint density at radius 3 is 2.58 bits per heavy atom. The van der Waals surface area contributed by atoms with E-state index < -0.39 is 0 Å². The molecular formula is C19H22N2O4S. The SMILES string of the molecule is COc1ccc(SCC(=O)NC2CCN(C(=O)c3ccco3)CC2)cc1. The Morgan fingerprint density at radius 2 is 1.96 bits per heavy atom. The molecule has 1 aliphatic rings. The molecule has 0 aliphatic carbocycles. The fraction of sp³-hybridized carbons (Fsp3) is 0.368. The summed E-state index contributed by atoms with van der Waals surface area (Å²) in [4.78, 5) is 27.2. The highest BCUT2D eigenvalue weighted by atomic mass is 32.2. The van der Waals surface area contributed by atoms with Crippen LogP contribution in [-0.2, 0) is 4.79 Å². The van der Waals surface area contributed by atoms with Gasteiger partial charge in [-0.3, -0.25) is 9.59 Å². The summed E-state index contributed by atoms with van der Waals surface area (Å²) in [6.07, 6.45) is 3.01. The minimum absolute atomic E-state index is 0.0154. The summed E-state index contributed by atoms with van der Waals surface area (Å²) in [5.41, 5.74) is 0. The quantitative estimate of drug-likeness (QED) is 0.787. The summed E-state index contributed by atoms with van der Waals surface area (Å²) < 4.78 is 10.3. The molecule has 1 aromatic heterocycles. The number of rotatable bonds is 6. The lowest BCUT2D eigenvalue weighted by atomic mass is 10.0. The maximum atomic E-state index is 12.2. The van der Waals surface area contributed by atoms with Crippen molar-refractivity contribution in [3.63, 3.8) is 0 Å². The molecule has 2 aromatic rings. The van der Waals surface area contributed by atoms with E-state index in [1.807, 2.05) is 24.3 Å². The van der Waals surface area contributed by atoms with Gasteiger partial charge in [-0.05, 0) is 49.2 Å². The molecule has 3 rings (SSSR count). The third-order valence-corrected chi connectivity index (χ3v) is 5.32. The van der Waals surface area contributed by atoms with Crippen LogP contribution >= 0.6 is 11.8 Å². The lowest BCUT2D eigenvalue weighted by molar-refractivity contribution is -0.119. The topological polar surface area (TPSA) is 71.8 Å². The van der Waals surface area contributed by atoms with Crippen molar-refractivity contribution < 1.29 is 18.7 Å². The number of nitrogens with one attached hydrogen (secondary N) is 1. The molecule has 0 unspecified atom stereocenters. The Bertz CT molecular complexity index is 723. The van der Waals surface area contributed by atoms with Crippen molar-refractivity contribution in [1.82, 2.24) is 10.2 Å². The Balaban J connectivity index is 1.39. The van der Waals surface area contributed by atoms with Crippen molar-refractivity contribution in [3.8, 4) is 5.75 Å². The van der Waals surface area contributed by atoms with Crippen molar-refractivity contribution in [2.24, 2.45) is 0 Å². The van der Waals surface area contributed by atoms with Gasteiger partial charge in [0.05, 0.1) is 19.1 Å². The molecule has 26 heavy (non-hydrogen) atoms. The number of benzene rings is 1. The van der Waals surface area contributed by atoms with Gasteiger partial charge in [-0.2, -0.15) is 0 Å². The average molecular weight is 374 g/mol. The van der Waals surface area contributed by atoms with Gasteiger partial charge in [0.2, 0.25) is 5.91 Å². The van der Waals surface area contributed by atoms with E-state index in [2.05, 4.69) is 5.32 Å². The number of hydrogen-bond acceptors (Lipinski definition) is 5. The molecule has 6 nitrogen and oxygen atoms in total. The van der Waals surface area contributed by atoms with Crippen LogP contribution in [-0.4, -0.2) is 48.7 Å². The first-order valence-corrected chi connectivity index (χ1v) is 9.53. The predicted molar refractivity (Wildman–Crippen MR) is 99.5 cm³/mol. The fourth-order valence-electron chi connectivity index (χ4n) is 2.87. The zero-order valence-corrected chi connectivity index (χ0v) is 15.5. The average Bonchev–Trinajstić information content (AvgIpc) is 3.21. The van der Waals surface area contributed by atoms with E-state index in [9.17, 15) is 9.59 Å². The number of methoxy groups -OCH3 is 1. The standard InChI is InChI=1S/C19H22N2O4S/c1-24-15-4-6-16(7-5-15)26-13-18(22)20-14-8-10-21(11-9-14)19(23)17-3-2-12-25-17/h2-7,12,14H,8-11,13H2,1H3,(H,20,22). The van der Waals surface area contributed by atoms with Crippen LogP contribution in [0.5, 0.6) is 5.75 Å². The molecule has 0 radical (unpaired) electrons. The largest absolute Gasteiger partial charge is 0.497 e. The van der Waals surface area contributed by atoms with E-state index in [1.165, 1.54) is 18.0 Å².